The molecule has 23 heavy (non-hydrogen) atoms. The number of pyridine rings is 1. The first-order valence-electron chi connectivity index (χ1n) is 7.19. The Morgan fingerprint density at radius 2 is 2.04 bits per heavy atom. The summed E-state index contributed by atoms with van der Waals surface area (Å²) in [7, 11) is 3.30. The molecule has 0 aliphatic carbocycles. The summed E-state index contributed by atoms with van der Waals surface area (Å²) >= 11 is 5.86. The van der Waals surface area contributed by atoms with Crippen molar-refractivity contribution in [2.24, 2.45) is 0 Å². The third kappa shape index (κ3) is 4.51. The molecule has 0 atom stereocenters. The van der Waals surface area contributed by atoms with Gasteiger partial charge in [0, 0.05) is 6.54 Å². The van der Waals surface area contributed by atoms with Crippen LogP contribution >= 0.6 is 11.6 Å². The highest BCUT2D eigenvalue weighted by Crippen LogP contribution is 2.25. The van der Waals surface area contributed by atoms with Gasteiger partial charge in [-0.15, -0.1) is 0 Å². The molecule has 0 spiro atoms. The van der Waals surface area contributed by atoms with Gasteiger partial charge in [-0.3, -0.25) is 0 Å². The SMILES string of the molecule is COc1ccc(OC)c(CCCNc2ccc(Cl)c(C#N)n2)c1. The van der Waals surface area contributed by atoms with E-state index in [1.54, 1.807) is 26.4 Å². The van der Waals surface area contributed by atoms with Gasteiger partial charge in [0.05, 0.1) is 19.2 Å². The second-order valence-electron chi connectivity index (χ2n) is 4.85. The molecule has 0 fully saturated rings. The Bertz CT molecular complexity index is 713. The molecular weight excluding hydrogens is 314 g/mol. The van der Waals surface area contributed by atoms with Crippen molar-refractivity contribution in [1.82, 2.24) is 4.98 Å². The first kappa shape index (κ1) is 16.9. The fourth-order valence-electron chi connectivity index (χ4n) is 2.19. The molecule has 1 heterocycles. The Kier molecular flexibility index (Phi) is 6.07. The summed E-state index contributed by atoms with van der Waals surface area (Å²) in [6, 6.07) is 11.2. The van der Waals surface area contributed by atoms with E-state index in [2.05, 4.69) is 10.3 Å². The van der Waals surface area contributed by atoms with Crippen molar-refractivity contribution in [3.05, 3.63) is 46.6 Å². The highest BCUT2D eigenvalue weighted by molar-refractivity contribution is 6.31. The minimum Gasteiger partial charge on any atom is -0.497 e. The first-order valence-corrected chi connectivity index (χ1v) is 7.57. The van der Waals surface area contributed by atoms with E-state index in [-0.39, 0.29) is 5.69 Å². The number of benzene rings is 1. The molecule has 0 aliphatic rings. The maximum Gasteiger partial charge on any atom is 0.161 e. The standard InChI is InChI=1S/C17H18ClN3O2/c1-22-13-5-7-16(23-2)12(10-13)4-3-9-20-17-8-6-14(18)15(11-19)21-17/h5-8,10H,3-4,9H2,1-2H3,(H,20,21). The summed E-state index contributed by atoms with van der Waals surface area (Å²) in [6.45, 7) is 0.722. The van der Waals surface area contributed by atoms with E-state index in [1.165, 1.54) is 0 Å². The van der Waals surface area contributed by atoms with Crippen LogP contribution in [0.3, 0.4) is 0 Å². The lowest BCUT2D eigenvalue weighted by Gasteiger charge is -2.11. The Morgan fingerprint density at radius 3 is 2.74 bits per heavy atom. The molecule has 0 radical (unpaired) electrons. The molecule has 0 saturated heterocycles. The van der Waals surface area contributed by atoms with Crippen LogP contribution in [0.5, 0.6) is 11.5 Å². The summed E-state index contributed by atoms with van der Waals surface area (Å²) < 4.78 is 10.6. The second kappa shape index (κ2) is 8.25. The Hall–Kier alpha value is -2.45. The minimum absolute atomic E-state index is 0.228. The van der Waals surface area contributed by atoms with Crippen molar-refractivity contribution in [2.75, 3.05) is 26.1 Å². The largest absolute Gasteiger partial charge is 0.497 e. The van der Waals surface area contributed by atoms with Gasteiger partial charge in [0.2, 0.25) is 0 Å². The van der Waals surface area contributed by atoms with Crippen LogP contribution in [0.4, 0.5) is 5.82 Å². The number of nitrogens with one attached hydrogen (secondary N) is 1. The lowest BCUT2D eigenvalue weighted by molar-refractivity contribution is 0.398. The fourth-order valence-corrected chi connectivity index (χ4v) is 2.34. The predicted octanol–water partition coefficient (Wildman–Crippen LogP) is 3.67. The summed E-state index contributed by atoms with van der Waals surface area (Å²) in [5.74, 6) is 2.30. The second-order valence-corrected chi connectivity index (χ2v) is 5.25. The number of nitriles is 1. The fraction of sp³-hybridized carbons (Fsp3) is 0.294. The van der Waals surface area contributed by atoms with E-state index < -0.39 is 0 Å². The molecule has 0 bridgehead atoms. The predicted molar refractivity (Wildman–Crippen MR) is 90.3 cm³/mol. The first-order chi connectivity index (χ1) is 11.2. The maximum absolute atomic E-state index is 8.92. The van der Waals surface area contributed by atoms with E-state index in [1.807, 2.05) is 24.3 Å². The third-order valence-corrected chi connectivity index (χ3v) is 3.67. The normalized spacial score (nSPS) is 10.0. The number of halogens is 1. The number of ether oxygens (including phenoxy) is 2. The van der Waals surface area contributed by atoms with Crippen LogP contribution in [0.2, 0.25) is 5.02 Å². The van der Waals surface area contributed by atoms with Gasteiger partial charge in [-0.2, -0.15) is 5.26 Å². The van der Waals surface area contributed by atoms with Crippen LogP contribution in [-0.4, -0.2) is 25.7 Å². The molecule has 2 aromatic rings. The monoisotopic (exact) mass is 331 g/mol. The van der Waals surface area contributed by atoms with E-state index in [0.29, 0.717) is 10.8 Å². The zero-order valence-corrected chi connectivity index (χ0v) is 13.9. The number of aromatic nitrogens is 1. The number of hydrogen-bond donors (Lipinski definition) is 1. The number of nitrogens with zero attached hydrogens (tertiary/aromatic N) is 2. The van der Waals surface area contributed by atoms with Gasteiger partial charge < -0.3 is 14.8 Å². The molecule has 1 N–H and O–H groups in total. The topological polar surface area (TPSA) is 67.2 Å². The van der Waals surface area contributed by atoms with Gasteiger partial charge in [-0.1, -0.05) is 11.6 Å². The Morgan fingerprint density at radius 1 is 1.22 bits per heavy atom. The molecule has 0 unspecified atom stereocenters. The number of hydrogen-bond acceptors (Lipinski definition) is 5. The van der Waals surface area contributed by atoms with E-state index in [9.17, 15) is 0 Å². The van der Waals surface area contributed by atoms with Crippen LogP contribution in [0.15, 0.2) is 30.3 Å². The van der Waals surface area contributed by atoms with E-state index in [0.717, 1.165) is 36.4 Å². The van der Waals surface area contributed by atoms with Gasteiger partial charge in [0.25, 0.3) is 0 Å². The summed E-state index contributed by atoms with van der Waals surface area (Å²) in [4.78, 5) is 4.15. The van der Waals surface area contributed by atoms with Gasteiger partial charge in [-0.05, 0) is 48.7 Å². The molecule has 0 saturated carbocycles. The number of methoxy groups -OCH3 is 2. The maximum atomic E-state index is 8.92. The third-order valence-electron chi connectivity index (χ3n) is 3.37. The van der Waals surface area contributed by atoms with Crippen LogP contribution in [0, 0.1) is 11.3 Å². The number of anilines is 1. The number of aryl methyl sites for hydroxylation is 1. The van der Waals surface area contributed by atoms with Crippen LogP contribution in [0.1, 0.15) is 17.7 Å². The van der Waals surface area contributed by atoms with Gasteiger partial charge in [0.1, 0.15) is 23.4 Å². The lowest BCUT2D eigenvalue weighted by atomic mass is 10.1. The molecule has 1 aromatic heterocycles. The zero-order valence-electron chi connectivity index (χ0n) is 13.1. The summed E-state index contributed by atoms with van der Waals surface area (Å²) in [5, 5.41) is 12.5. The molecule has 120 valence electrons. The Labute approximate surface area is 140 Å². The number of rotatable bonds is 7. The molecular formula is C17H18ClN3O2. The molecule has 1 aromatic carbocycles. The summed E-state index contributed by atoms with van der Waals surface area (Å²) in [6.07, 6.45) is 1.72. The molecule has 5 nitrogen and oxygen atoms in total. The minimum atomic E-state index is 0.228. The highest BCUT2D eigenvalue weighted by Gasteiger charge is 2.06. The Balaban J connectivity index is 1.92. The van der Waals surface area contributed by atoms with E-state index in [4.69, 9.17) is 26.3 Å². The average molecular weight is 332 g/mol. The molecule has 0 aliphatic heterocycles. The highest BCUT2D eigenvalue weighted by atomic mass is 35.5. The van der Waals surface area contributed by atoms with Crippen molar-refractivity contribution in [2.45, 2.75) is 12.8 Å². The van der Waals surface area contributed by atoms with Crippen molar-refractivity contribution >= 4 is 17.4 Å². The zero-order chi connectivity index (χ0) is 16.7. The quantitative estimate of drug-likeness (QED) is 0.784. The smallest absolute Gasteiger partial charge is 0.161 e. The van der Waals surface area contributed by atoms with Crippen molar-refractivity contribution < 1.29 is 9.47 Å². The van der Waals surface area contributed by atoms with Crippen LogP contribution in [0.25, 0.3) is 0 Å². The van der Waals surface area contributed by atoms with Crippen molar-refractivity contribution in [3.8, 4) is 17.6 Å². The van der Waals surface area contributed by atoms with Gasteiger partial charge >= 0.3 is 0 Å². The van der Waals surface area contributed by atoms with Crippen LogP contribution in [-0.2, 0) is 6.42 Å². The summed E-state index contributed by atoms with van der Waals surface area (Å²) in [5.41, 5.74) is 1.32. The molecule has 0 amide bonds. The lowest BCUT2D eigenvalue weighted by Crippen LogP contribution is -2.06. The molecule has 6 heteroatoms. The van der Waals surface area contributed by atoms with Crippen molar-refractivity contribution in [1.29, 1.82) is 5.26 Å². The van der Waals surface area contributed by atoms with Crippen LogP contribution < -0.4 is 14.8 Å². The van der Waals surface area contributed by atoms with Gasteiger partial charge in [-0.25, -0.2) is 4.98 Å². The van der Waals surface area contributed by atoms with E-state index >= 15 is 0 Å². The molecule has 2 rings (SSSR count). The average Bonchev–Trinajstić information content (AvgIpc) is 2.59. The van der Waals surface area contributed by atoms with Crippen molar-refractivity contribution in [3.63, 3.8) is 0 Å². The van der Waals surface area contributed by atoms with Gasteiger partial charge in [0.15, 0.2) is 5.69 Å².